The average molecular weight is 925 g/mol. The first-order valence-corrected chi connectivity index (χ1v) is 26.1. The first kappa shape index (κ1) is 42.1. The van der Waals surface area contributed by atoms with Crippen molar-refractivity contribution in [1.82, 2.24) is 4.57 Å². The summed E-state index contributed by atoms with van der Waals surface area (Å²) in [7, 11) is 0.780. The minimum atomic E-state index is -0.110. The Morgan fingerprint density at radius 3 is 2.06 bits per heavy atom. The third-order valence-corrected chi connectivity index (χ3v) is 18.1. The summed E-state index contributed by atoms with van der Waals surface area (Å²) in [5.74, 6) is 0.895. The van der Waals surface area contributed by atoms with Crippen LogP contribution >= 0.6 is 11.3 Å². The Hall–Kier alpha value is -6.82. The molecule has 4 heterocycles. The second-order valence-electron chi connectivity index (χ2n) is 23.7. The summed E-state index contributed by atoms with van der Waals surface area (Å²) in [6, 6.07) is 55.6. The molecule has 11 aromatic rings. The van der Waals surface area contributed by atoms with Crippen LogP contribution in [0.2, 0.25) is 0 Å². The van der Waals surface area contributed by atoms with Crippen molar-refractivity contribution in [2.45, 2.75) is 96.8 Å². The number of thiophene rings is 1. The van der Waals surface area contributed by atoms with Crippen LogP contribution in [0.25, 0.3) is 92.2 Å². The lowest BCUT2D eigenvalue weighted by Gasteiger charge is -2.41. The minimum Gasteiger partial charge on any atom is -0.456 e. The maximum absolute atomic E-state index is 6.73. The summed E-state index contributed by atoms with van der Waals surface area (Å²) in [6.07, 6.45) is 2.39. The first-order chi connectivity index (χ1) is 33.5. The Balaban J connectivity index is 1.05. The molecule has 0 atom stereocenters. The normalized spacial score (nSPS) is 16.1. The topological polar surface area (TPSA) is 30.1 Å². The fourth-order valence-electron chi connectivity index (χ4n) is 12.9. The van der Waals surface area contributed by atoms with Gasteiger partial charge in [-0.05, 0) is 146 Å². The van der Waals surface area contributed by atoms with E-state index in [0.717, 1.165) is 40.9 Å². The number of aromatic nitrogens is 1. The zero-order valence-corrected chi connectivity index (χ0v) is 42.6. The predicted octanol–water partition coefficient (Wildman–Crippen LogP) is 16.6. The predicted molar refractivity (Wildman–Crippen MR) is 302 cm³/mol. The molecule has 0 saturated carbocycles. The average Bonchev–Trinajstić information content (AvgIpc) is 4.07. The molecule has 70 heavy (non-hydrogen) atoms. The van der Waals surface area contributed by atoms with Crippen molar-refractivity contribution in [3.8, 4) is 39.3 Å². The van der Waals surface area contributed by atoms with Gasteiger partial charge in [-0.1, -0.05) is 147 Å². The van der Waals surface area contributed by atoms with E-state index in [1.165, 1.54) is 122 Å². The highest BCUT2D eigenvalue weighted by Gasteiger charge is 2.39. The summed E-state index contributed by atoms with van der Waals surface area (Å²) in [6.45, 7) is 21.4. The van der Waals surface area contributed by atoms with Crippen molar-refractivity contribution in [1.29, 1.82) is 0 Å². The molecule has 3 aliphatic rings. The fourth-order valence-corrected chi connectivity index (χ4v) is 14.0. The SMILES string of the molecule is CC(C)(C)c1ccc(Nc2cc3sc4cc5c(cc4c3cc2-c2ccc3c4cc6c(cc4n4c3c2Bc2cc3oc(-c7ccccc7)cc3cc2-4)-c2ccccc2C6(C)C)C(C)(C)CCC5(C)C)cc1. The molecule has 2 aliphatic carbocycles. The standard InChI is InChI=1S/C65H57BN2OS/c1-62(2,3)38-19-21-39(22-20-38)67-53-35-59-46(47-31-50-51(33-58(47)70-59)64(6,7)26-25-63(50,4)5)29-44(53)41-23-24-42-45-30-49-43(40-17-13-14-18-48(40)65(49,8)9)32-54(45)68-55-27-37-28-56(36-15-11-10-12-16-36)69-57(37)34-52(55)66-60(41)61(42)68/h10-24,27-35,66-67H,25-26H2,1-9H3. The summed E-state index contributed by atoms with van der Waals surface area (Å²) in [5, 5.41) is 10.4. The molecular formula is C65H57BN2OS. The quantitative estimate of drug-likeness (QED) is 0.178. The van der Waals surface area contributed by atoms with Gasteiger partial charge in [0.1, 0.15) is 11.3 Å². The molecule has 0 bridgehead atoms. The van der Waals surface area contributed by atoms with Crippen molar-refractivity contribution < 1.29 is 4.42 Å². The number of benzene rings is 8. The molecule has 14 rings (SSSR count). The van der Waals surface area contributed by atoms with Crippen LogP contribution in [-0.2, 0) is 21.7 Å². The molecule has 0 saturated heterocycles. The van der Waals surface area contributed by atoms with Crippen LogP contribution in [0.4, 0.5) is 11.4 Å². The van der Waals surface area contributed by atoms with Crippen LogP contribution in [-0.4, -0.2) is 11.8 Å². The molecule has 1 aliphatic heterocycles. The number of fused-ring (bicyclic) bond motifs is 13. The number of nitrogens with zero attached hydrogens (tertiary/aromatic N) is 1. The summed E-state index contributed by atoms with van der Waals surface area (Å²) in [5.41, 5.74) is 23.2. The number of hydrogen-bond donors (Lipinski definition) is 1. The summed E-state index contributed by atoms with van der Waals surface area (Å²) < 4.78 is 12.0. The van der Waals surface area contributed by atoms with Crippen LogP contribution in [0.3, 0.4) is 0 Å². The molecule has 5 heteroatoms. The van der Waals surface area contributed by atoms with Crippen molar-refractivity contribution in [2.75, 3.05) is 5.32 Å². The van der Waals surface area contributed by atoms with Crippen LogP contribution < -0.4 is 16.2 Å². The summed E-state index contributed by atoms with van der Waals surface area (Å²) >= 11 is 1.94. The van der Waals surface area contributed by atoms with E-state index in [0.29, 0.717) is 0 Å². The number of furan rings is 1. The van der Waals surface area contributed by atoms with Gasteiger partial charge in [0.25, 0.3) is 0 Å². The largest absolute Gasteiger partial charge is 0.456 e. The van der Waals surface area contributed by atoms with Crippen LogP contribution in [0.1, 0.15) is 103 Å². The van der Waals surface area contributed by atoms with Gasteiger partial charge in [-0.3, -0.25) is 0 Å². The smallest absolute Gasteiger partial charge is 0.198 e. The molecule has 3 nitrogen and oxygen atoms in total. The molecule has 0 amide bonds. The molecule has 3 aromatic heterocycles. The third-order valence-electron chi connectivity index (χ3n) is 17.0. The van der Waals surface area contributed by atoms with E-state index in [-0.39, 0.29) is 21.7 Å². The number of anilines is 2. The van der Waals surface area contributed by atoms with Gasteiger partial charge < -0.3 is 14.3 Å². The monoisotopic (exact) mass is 924 g/mol. The Kier molecular flexibility index (Phi) is 8.52. The number of nitrogens with one attached hydrogen (secondary N) is 1. The molecule has 0 fully saturated rings. The minimum absolute atomic E-state index is 0.0679. The lowest BCUT2D eigenvalue weighted by Crippen LogP contribution is -2.37. The lowest BCUT2D eigenvalue weighted by molar-refractivity contribution is 0.332. The van der Waals surface area contributed by atoms with E-state index >= 15 is 0 Å². The Bertz CT molecular complexity index is 4060. The number of hydrogen-bond acceptors (Lipinski definition) is 3. The molecule has 8 aromatic carbocycles. The lowest BCUT2D eigenvalue weighted by atomic mass is 9.59. The van der Waals surface area contributed by atoms with Gasteiger partial charge >= 0.3 is 0 Å². The van der Waals surface area contributed by atoms with E-state index in [9.17, 15) is 0 Å². The molecular weight excluding hydrogens is 868 g/mol. The van der Waals surface area contributed by atoms with Crippen molar-refractivity contribution in [2.24, 2.45) is 0 Å². The van der Waals surface area contributed by atoms with Crippen molar-refractivity contribution in [3.63, 3.8) is 0 Å². The second kappa shape index (κ2) is 14.2. The second-order valence-corrected chi connectivity index (χ2v) is 24.8. The van der Waals surface area contributed by atoms with Crippen LogP contribution in [0, 0.1) is 0 Å². The van der Waals surface area contributed by atoms with Crippen molar-refractivity contribution in [3.05, 3.63) is 173 Å². The molecule has 0 radical (unpaired) electrons. The molecule has 342 valence electrons. The molecule has 1 N–H and O–H groups in total. The van der Waals surface area contributed by atoms with Gasteiger partial charge in [-0.15, -0.1) is 11.3 Å². The zero-order valence-electron chi connectivity index (χ0n) is 41.7. The van der Waals surface area contributed by atoms with Gasteiger partial charge in [0.05, 0.1) is 5.52 Å². The summed E-state index contributed by atoms with van der Waals surface area (Å²) in [4.78, 5) is 0. The zero-order chi connectivity index (χ0) is 47.8. The van der Waals surface area contributed by atoms with Gasteiger partial charge in [0.2, 0.25) is 0 Å². The number of rotatable bonds is 4. The van der Waals surface area contributed by atoms with E-state index in [4.69, 9.17) is 4.42 Å². The van der Waals surface area contributed by atoms with Gasteiger partial charge in [-0.25, -0.2) is 0 Å². The van der Waals surface area contributed by atoms with E-state index in [1.54, 1.807) is 0 Å². The van der Waals surface area contributed by atoms with E-state index in [1.807, 2.05) is 11.3 Å². The Labute approximate surface area is 415 Å². The van der Waals surface area contributed by atoms with Crippen LogP contribution in [0.5, 0.6) is 0 Å². The highest BCUT2D eigenvalue weighted by molar-refractivity contribution is 7.25. The third kappa shape index (κ3) is 6.00. The van der Waals surface area contributed by atoms with Gasteiger partial charge in [-0.2, -0.15) is 0 Å². The molecule has 0 spiro atoms. The van der Waals surface area contributed by atoms with E-state index < -0.39 is 0 Å². The highest BCUT2D eigenvalue weighted by atomic mass is 32.1. The fraction of sp³-hybridized carbons (Fsp3) is 0.231. The maximum atomic E-state index is 6.73. The Morgan fingerprint density at radius 1 is 0.586 bits per heavy atom. The first-order valence-electron chi connectivity index (χ1n) is 25.3. The van der Waals surface area contributed by atoms with Gasteiger partial charge in [0.15, 0.2) is 7.28 Å². The molecule has 0 unspecified atom stereocenters. The van der Waals surface area contributed by atoms with Crippen LogP contribution in [0.15, 0.2) is 150 Å². The Morgan fingerprint density at radius 2 is 1.29 bits per heavy atom. The van der Waals surface area contributed by atoms with Crippen molar-refractivity contribution >= 4 is 93.9 Å². The van der Waals surface area contributed by atoms with E-state index in [2.05, 4.69) is 218 Å². The maximum Gasteiger partial charge on any atom is 0.198 e. The highest BCUT2D eigenvalue weighted by Crippen LogP contribution is 2.53. The van der Waals surface area contributed by atoms with Gasteiger partial charge in [0, 0.05) is 75.5 Å².